The largest absolute Gasteiger partial charge is 0.317 e. The third-order valence-corrected chi connectivity index (χ3v) is 3.54. The van der Waals surface area contributed by atoms with Gasteiger partial charge in [0.2, 0.25) is 0 Å². The predicted molar refractivity (Wildman–Crippen MR) is 75.5 cm³/mol. The quantitative estimate of drug-likeness (QED) is 0.834. The van der Waals surface area contributed by atoms with Gasteiger partial charge >= 0.3 is 0 Å². The maximum Gasteiger partial charge on any atom is 0.00414 e. The molecule has 1 nitrogen and oxygen atoms in total. The summed E-state index contributed by atoms with van der Waals surface area (Å²) >= 11 is 0. The van der Waals surface area contributed by atoms with Crippen LogP contribution in [-0.4, -0.2) is 13.1 Å². The van der Waals surface area contributed by atoms with Gasteiger partial charge in [0, 0.05) is 6.04 Å². The summed E-state index contributed by atoms with van der Waals surface area (Å²) in [5.41, 5.74) is 1.44. The second kappa shape index (κ2) is 5.33. The van der Waals surface area contributed by atoms with E-state index in [9.17, 15) is 0 Å². The van der Waals surface area contributed by atoms with Crippen LogP contribution in [-0.2, 0) is 0 Å². The normalized spacial score (nSPS) is 14.8. The van der Waals surface area contributed by atoms with Crippen molar-refractivity contribution < 1.29 is 0 Å². The minimum atomic E-state index is 0.566. The summed E-state index contributed by atoms with van der Waals surface area (Å²) in [7, 11) is 2.03. The molecular weight excluding hydrogens is 206 g/mol. The molecule has 90 valence electrons. The zero-order valence-electron chi connectivity index (χ0n) is 10.9. The Morgan fingerprint density at radius 1 is 1.00 bits per heavy atom. The summed E-state index contributed by atoms with van der Waals surface area (Å²) < 4.78 is 0. The number of hydrogen-bond acceptors (Lipinski definition) is 1. The molecule has 0 saturated carbocycles. The average Bonchev–Trinajstić information content (AvgIpc) is 2.38. The van der Waals surface area contributed by atoms with Crippen molar-refractivity contribution in [2.24, 2.45) is 0 Å². The molecule has 0 heterocycles. The van der Waals surface area contributed by atoms with Crippen molar-refractivity contribution in [3.8, 4) is 0 Å². The SMILES string of the molecule is CNC(C)CC(C)c1ccc2ccccc2c1. The van der Waals surface area contributed by atoms with Crippen LogP contribution >= 0.6 is 0 Å². The maximum atomic E-state index is 3.30. The van der Waals surface area contributed by atoms with Gasteiger partial charge in [-0.1, -0.05) is 49.4 Å². The lowest BCUT2D eigenvalue weighted by molar-refractivity contribution is 0.516. The van der Waals surface area contributed by atoms with E-state index in [1.807, 2.05) is 7.05 Å². The van der Waals surface area contributed by atoms with Gasteiger partial charge in [-0.3, -0.25) is 0 Å². The Hall–Kier alpha value is -1.34. The zero-order chi connectivity index (χ0) is 12.3. The van der Waals surface area contributed by atoms with Crippen LogP contribution in [0, 0.1) is 0 Å². The van der Waals surface area contributed by atoms with E-state index in [1.165, 1.54) is 22.8 Å². The molecular formula is C16H21N. The zero-order valence-corrected chi connectivity index (χ0v) is 10.9. The van der Waals surface area contributed by atoms with Gasteiger partial charge in [0.1, 0.15) is 0 Å². The van der Waals surface area contributed by atoms with Crippen molar-refractivity contribution in [1.29, 1.82) is 0 Å². The summed E-state index contributed by atoms with van der Waals surface area (Å²) in [6.07, 6.45) is 1.18. The van der Waals surface area contributed by atoms with E-state index in [4.69, 9.17) is 0 Å². The molecule has 2 aromatic carbocycles. The summed E-state index contributed by atoms with van der Waals surface area (Å²) in [5.74, 6) is 0.599. The van der Waals surface area contributed by atoms with Crippen LogP contribution in [0.4, 0.5) is 0 Å². The van der Waals surface area contributed by atoms with Crippen LogP contribution in [0.2, 0.25) is 0 Å². The lowest BCUT2D eigenvalue weighted by Gasteiger charge is -2.17. The molecule has 1 heteroatoms. The molecule has 2 atom stereocenters. The van der Waals surface area contributed by atoms with E-state index < -0.39 is 0 Å². The monoisotopic (exact) mass is 227 g/mol. The van der Waals surface area contributed by atoms with Crippen LogP contribution in [0.25, 0.3) is 10.8 Å². The van der Waals surface area contributed by atoms with E-state index in [0.717, 1.165) is 0 Å². The molecule has 0 aliphatic rings. The Bertz CT molecular complexity index is 490. The fourth-order valence-electron chi connectivity index (χ4n) is 2.30. The summed E-state index contributed by atoms with van der Waals surface area (Å²) in [4.78, 5) is 0. The van der Waals surface area contributed by atoms with E-state index in [-0.39, 0.29) is 0 Å². The Morgan fingerprint density at radius 2 is 1.71 bits per heavy atom. The molecule has 0 amide bonds. The smallest absolute Gasteiger partial charge is 0.00414 e. The number of rotatable bonds is 4. The Balaban J connectivity index is 2.23. The van der Waals surface area contributed by atoms with Gasteiger partial charge in [-0.15, -0.1) is 0 Å². The molecule has 2 aromatic rings. The molecule has 17 heavy (non-hydrogen) atoms. The van der Waals surface area contributed by atoms with Crippen molar-refractivity contribution in [2.75, 3.05) is 7.05 Å². The van der Waals surface area contributed by atoms with E-state index in [0.29, 0.717) is 12.0 Å². The number of nitrogens with one attached hydrogen (secondary N) is 1. The summed E-state index contributed by atoms with van der Waals surface area (Å²) in [6, 6.07) is 15.9. The van der Waals surface area contributed by atoms with Gasteiger partial charge in [0.25, 0.3) is 0 Å². The molecule has 0 radical (unpaired) electrons. The van der Waals surface area contributed by atoms with Crippen LogP contribution in [0.5, 0.6) is 0 Å². The minimum absolute atomic E-state index is 0.566. The minimum Gasteiger partial charge on any atom is -0.317 e. The molecule has 0 fully saturated rings. The third kappa shape index (κ3) is 2.86. The van der Waals surface area contributed by atoms with Crippen LogP contribution in [0.1, 0.15) is 31.7 Å². The van der Waals surface area contributed by atoms with Crippen LogP contribution < -0.4 is 5.32 Å². The van der Waals surface area contributed by atoms with Crippen molar-refractivity contribution in [2.45, 2.75) is 32.2 Å². The standard InChI is InChI=1S/C16H21N/c1-12(10-13(2)17-3)15-9-8-14-6-4-5-7-16(14)11-15/h4-9,11-13,17H,10H2,1-3H3. The van der Waals surface area contributed by atoms with E-state index >= 15 is 0 Å². The number of hydrogen-bond donors (Lipinski definition) is 1. The maximum absolute atomic E-state index is 3.30. The number of fused-ring (bicyclic) bond motifs is 1. The second-order valence-corrected chi connectivity index (χ2v) is 4.93. The fraction of sp³-hybridized carbons (Fsp3) is 0.375. The fourth-order valence-corrected chi connectivity index (χ4v) is 2.30. The van der Waals surface area contributed by atoms with Crippen LogP contribution in [0.3, 0.4) is 0 Å². The van der Waals surface area contributed by atoms with Gasteiger partial charge < -0.3 is 5.32 Å². The summed E-state index contributed by atoms with van der Waals surface area (Å²) in [5, 5.41) is 5.97. The molecule has 0 saturated heterocycles. The van der Waals surface area contributed by atoms with Crippen molar-refractivity contribution in [1.82, 2.24) is 5.32 Å². The third-order valence-electron chi connectivity index (χ3n) is 3.54. The molecule has 2 unspecified atom stereocenters. The van der Waals surface area contributed by atoms with E-state index in [1.54, 1.807) is 0 Å². The highest BCUT2D eigenvalue weighted by Crippen LogP contribution is 2.24. The highest BCUT2D eigenvalue weighted by atomic mass is 14.8. The van der Waals surface area contributed by atoms with Gasteiger partial charge in [-0.2, -0.15) is 0 Å². The average molecular weight is 227 g/mol. The van der Waals surface area contributed by atoms with Gasteiger partial charge in [-0.05, 0) is 42.6 Å². The molecule has 0 aliphatic heterocycles. The first-order chi connectivity index (χ1) is 8.20. The Kier molecular flexibility index (Phi) is 3.80. The molecule has 0 spiro atoms. The molecule has 1 N–H and O–H groups in total. The first-order valence-electron chi connectivity index (χ1n) is 6.36. The van der Waals surface area contributed by atoms with Crippen molar-refractivity contribution >= 4 is 10.8 Å². The summed E-state index contributed by atoms with van der Waals surface area (Å²) in [6.45, 7) is 4.54. The van der Waals surface area contributed by atoms with Gasteiger partial charge in [0.15, 0.2) is 0 Å². The number of benzene rings is 2. The topological polar surface area (TPSA) is 12.0 Å². The highest BCUT2D eigenvalue weighted by molar-refractivity contribution is 5.83. The van der Waals surface area contributed by atoms with Crippen molar-refractivity contribution in [3.05, 3.63) is 48.0 Å². The Morgan fingerprint density at radius 3 is 2.41 bits per heavy atom. The lowest BCUT2D eigenvalue weighted by atomic mass is 9.93. The van der Waals surface area contributed by atoms with Crippen molar-refractivity contribution in [3.63, 3.8) is 0 Å². The van der Waals surface area contributed by atoms with E-state index in [2.05, 4.69) is 61.6 Å². The first kappa shape index (κ1) is 12.1. The second-order valence-electron chi connectivity index (χ2n) is 4.93. The first-order valence-corrected chi connectivity index (χ1v) is 6.36. The molecule has 0 aliphatic carbocycles. The van der Waals surface area contributed by atoms with Gasteiger partial charge in [-0.25, -0.2) is 0 Å². The molecule has 0 bridgehead atoms. The molecule has 0 aromatic heterocycles. The predicted octanol–water partition coefficient (Wildman–Crippen LogP) is 3.94. The van der Waals surface area contributed by atoms with Gasteiger partial charge in [0.05, 0.1) is 0 Å². The highest BCUT2D eigenvalue weighted by Gasteiger charge is 2.09. The lowest BCUT2D eigenvalue weighted by Crippen LogP contribution is -2.22. The molecule has 2 rings (SSSR count). The Labute approximate surface area is 104 Å². The van der Waals surface area contributed by atoms with Crippen LogP contribution in [0.15, 0.2) is 42.5 Å².